The number of hydrogen-bond acceptors (Lipinski definition) is 3. The van der Waals surface area contributed by atoms with Crippen molar-refractivity contribution >= 4 is 23.3 Å². The van der Waals surface area contributed by atoms with E-state index in [4.69, 9.17) is 21.1 Å². The fourth-order valence-corrected chi connectivity index (χ4v) is 2.26. The zero-order valence-electron chi connectivity index (χ0n) is 13.8. The molecule has 2 aromatic carbocycles. The van der Waals surface area contributed by atoms with Crippen LogP contribution in [-0.2, 0) is 0 Å². The maximum atomic E-state index is 12.2. The van der Waals surface area contributed by atoms with Gasteiger partial charge in [0.05, 0.1) is 24.4 Å². The second kappa shape index (κ2) is 9.03. The monoisotopic (exact) mass is 348 g/mol. The highest BCUT2D eigenvalue weighted by Gasteiger charge is 2.11. The van der Waals surface area contributed by atoms with Crippen LogP contribution >= 0.6 is 11.6 Å². The molecule has 5 nitrogen and oxygen atoms in total. The van der Waals surface area contributed by atoms with Gasteiger partial charge in [-0.25, -0.2) is 4.79 Å². The third-order valence-electron chi connectivity index (χ3n) is 3.41. The lowest BCUT2D eigenvalue weighted by Crippen LogP contribution is -2.32. The second-order valence-electron chi connectivity index (χ2n) is 5.21. The molecule has 24 heavy (non-hydrogen) atoms. The van der Waals surface area contributed by atoms with E-state index in [1.54, 1.807) is 37.3 Å². The van der Waals surface area contributed by atoms with Crippen LogP contribution in [0.2, 0.25) is 5.02 Å². The lowest BCUT2D eigenvalue weighted by molar-refractivity contribution is 0.216. The number of ether oxygens (including phenoxy) is 2. The lowest BCUT2D eigenvalue weighted by atomic mass is 10.3. The largest absolute Gasteiger partial charge is 0.497 e. The summed E-state index contributed by atoms with van der Waals surface area (Å²) in [5.74, 6) is 1.47. The summed E-state index contributed by atoms with van der Waals surface area (Å²) in [5.41, 5.74) is 0.551. The van der Waals surface area contributed by atoms with Crippen LogP contribution < -0.4 is 14.8 Å². The van der Waals surface area contributed by atoms with E-state index < -0.39 is 0 Å². The first-order valence-corrected chi connectivity index (χ1v) is 8.01. The Bertz CT molecular complexity index is 665. The van der Waals surface area contributed by atoms with Gasteiger partial charge < -0.3 is 19.7 Å². The molecule has 0 aliphatic carbocycles. The molecular weight excluding hydrogens is 328 g/mol. The van der Waals surface area contributed by atoms with Crippen LogP contribution in [0.15, 0.2) is 48.5 Å². The van der Waals surface area contributed by atoms with E-state index >= 15 is 0 Å². The first-order chi connectivity index (χ1) is 11.6. The number of carbonyl (C=O) groups is 1. The van der Waals surface area contributed by atoms with Gasteiger partial charge in [-0.3, -0.25) is 0 Å². The topological polar surface area (TPSA) is 50.8 Å². The zero-order valence-corrected chi connectivity index (χ0v) is 14.5. The molecule has 0 heterocycles. The molecule has 0 aromatic heterocycles. The molecule has 0 unspecified atom stereocenters. The number of urea groups is 1. The number of rotatable bonds is 7. The highest BCUT2D eigenvalue weighted by Crippen LogP contribution is 2.26. The molecule has 0 atom stereocenters. The van der Waals surface area contributed by atoms with E-state index in [1.165, 1.54) is 0 Å². The van der Waals surface area contributed by atoms with Gasteiger partial charge in [0.2, 0.25) is 0 Å². The number of carbonyl (C=O) groups excluding carboxylic acids is 1. The average Bonchev–Trinajstić information content (AvgIpc) is 2.61. The van der Waals surface area contributed by atoms with Crippen molar-refractivity contribution in [2.75, 3.05) is 32.6 Å². The van der Waals surface area contributed by atoms with Gasteiger partial charge in [-0.05, 0) is 30.7 Å². The molecular formula is C18H21ClN2O3. The van der Waals surface area contributed by atoms with Crippen molar-refractivity contribution < 1.29 is 14.3 Å². The summed E-state index contributed by atoms with van der Waals surface area (Å²) in [7, 11) is 3.30. The molecule has 6 heteroatoms. The van der Waals surface area contributed by atoms with E-state index in [9.17, 15) is 4.79 Å². The quantitative estimate of drug-likeness (QED) is 0.760. The van der Waals surface area contributed by atoms with E-state index in [1.807, 2.05) is 30.3 Å². The number of methoxy groups -OCH3 is 1. The molecule has 0 saturated heterocycles. The van der Waals surface area contributed by atoms with Gasteiger partial charge in [0.1, 0.15) is 11.5 Å². The highest BCUT2D eigenvalue weighted by atomic mass is 35.5. The third-order valence-corrected chi connectivity index (χ3v) is 3.73. The van der Waals surface area contributed by atoms with Crippen LogP contribution in [-0.4, -0.2) is 38.2 Å². The van der Waals surface area contributed by atoms with Gasteiger partial charge in [-0.15, -0.1) is 0 Å². The van der Waals surface area contributed by atoms with Crippen molar-refractivity contribution in [1.29, 1.82) is 0 Å². The number of amides is 2. The summed E-state index contributed by atoms with van der Waals surface area (Å²) in [6.45, 7) is 1.12. The Labute approximate surface area is 147 Å². The van der Waals surface area contributed by atoms with Crippen LogP contribution in [0.25, 0.3) is 0 Å². The molecule has 2 rings (SSSR count). The van der Waals surface area contributed by atoms with Gasteiger partial charge >= 0.3 is 6.03 Å². The molecule has 0 aliphatic heterocycles. The third kappa shape index (κ3) is 5.35. The molecule has 0 radical (unpaired) electrons. The minimum Gasteiger partial charge on any atom is -0.497 e. The number of hydrogen-bond donors (Lipinski definition) is 1. The second-order valence-corrected chi connectivity index (χ2v) is 5.62. The van der Waals surface area contributed by atoms with Crippen LogP contribution in [0.1, 0.15) is 6.42 Å². The van der Waals surface area contributed by atoms with E-state index in [0.29, 0.717) is 29.6 Å². The van der Waals surface area contributed by atoms with Crippen molar-refractivity contribution in [2.45, 2.75) is 6.42 Å². The molecule has 2 aromatic rings. The van der Waals surface area contributed by atoms with Gasteiger partial charge in [-0.2, -0.15) is 0 Å². The molecule has 128 valence electrons. The maximum absolute atomic E-state index is 12.2. The Morgan fingerprint density at radius 1 is 1.17 bits per heavy atom. The minimum atomic E-state index is -0.221. The number of halogens is 1. The van der Waals surface area contributed by atoms with Crippen molar-refractivity contribution in [3.8, 4) is 11.5 Å². The SMILES string of the molecule is COc1ccc(NC(=O)N(C)CCCOc2ccccc2)c(Cl)c1. The Hall–Kier alpha value is -2.40. The van der Waals surface area contributed by atoms with Crippen LogP contribution in [0.4, 0.5) is 10.5 Å². The fourth-order valence-electron chi connectivity index (χ4n) is 2.04. The molecule has 0 fully saturated rings. The molecule has 0 spiro atoms. The molecule has 1 N–H and O–H groups in total. The van der Waals surface area contributed by atoms with Gasteiger partial charge in [0.25, 0.3) is 0 Å². The van der Waals surface area contributed by atoms with Gasteiger partial charge in [-0.1, -0.05) is 29.8 Å². The Morgan fingerprint density at radius 2 is 1.92 bits per heavy atom. The first kappa shape index (κ1) is 17.9. The van der Waals surface area contributed by atoms with Crippen LogP contribution in [0.3, 0.4) is 0 Å². The van der Waals surface area contributed by atoms with Crippen molar-refractivity contribution in [2.24, 2.45) is 0 Å². The Morgan fingerprint density at radius 3 is 2.58 bits per heavy atom. The summed E-state index contributed by atoms with van der Waals surface area (Å²) in [5, 5.41) is 3.21. The van der Waals surface area contributed by atoms with E-state index in [-0.39, 0.29) is 6.03 Å². The van der Waals surface area contributed by atoms with Crippen molar-refractivity contribution in [1.82, 2.24) is 4.90 Å². The normalized spacial score (nSPS) is 10.1. The van der Waals surface area contributed by atoms with Crippen molar-refractivity contribution in [3.05, 3.63) is 53.6 Å². The molecule has 0 aliphatic rings. The van der Waals surface area contributed by atoms with E-state index in [2.05, 4.69) is 5.32 Å². The first-order valence-electron chi connectivity index (χ1n) is 7.63. The summed E-state index contributed by atoms with van der Waals surface area (Å²) in [6, 6.07) is 14.5. The smallest absolute Gasteiger partial charge is 0.321 e. The summed E-state index contributed by atoms with van der Waals surface area (Å²) in [4.78, 5) is 13.8. The molecule has 2 amide bonds. The Kier molecular flexibility index (Phi) is 6.75. The molecule has 0 saturated carbocycles. The number of nitrogens with one attached hydrogen (secondary N) is 1. The summed E-state index contributed by atoms with van der Waals surface area (Å²) >= 11 is 6.12. The zero-order chi connectivity index (χ0) is 17.4. The van der Waals surface area contributed by atoms with E-state index in [0.717, 1.165) is 12.2 Å². The number of para-hydroxylation sites is 1. The number of anilines is 1. The molecule has 0 bridgehead atoms. The van der Waals surface area contributed by atoms with Gasteiger partial charge in [0.15, 0.2) is 0 Å². The number of benzene rings is 2. The summed E-state index contributed by atoms with van der Waals surface area (Å²) in [6.07, 6.45) is 0.731. The Balaban J connectivity index is 1.76. The predicted octanol–water partition coefficient (Wildman–Crippen LogP) is 4.28. The van der Waals surface area contributed by atoms with Crippen LogP contribution in [0, 0.1) is 0 Å². The fraction of sp³-hybridized carbons (Fsp3) is 0.278. The predicted molar refractivity (Wildman–Crippen MR) is 96.2 cm³/mol. The number of nitrogens with zero attached hydrogens (tertiary/aromatic N) is 1. The maximum Gasteiger partial charge on any atom is 0.321 e. The van der Waals surface area contributed by atoms with Crippen LogP contribution in [0.5, 0.6) is 11.5 Å². The van der Waals surface area contributed by atoms with Gasteiger partial charge in [0, 0.05) is 19.7 Å². The standard InChI is InChI=1S/C18H21ClN2O3/c1-21(11-6-12-24-14-7-4-3-5-8-14)18(22)20-17-10-9-15(23-2)13-16(17)19/h3-5,7-10,13H,6,11-12H2,1-2H3,(H,20,22). The minimum absolute atomic E-state index is 0.221. The lowest BCUT2D eigenvalue weighted by Gasteiger charge is -2.18. The average molecular weight is 349 g/mol. The van der Waals surface area contributed by atoms with Crippen molar-refractivity contribution in [3.63, 3.8) is 0 Å². The highest BCUT2D eigenvalue weighted by molar-refractivity contribution is 6.33. The summed E-state index contributed by atoms with van der Waals surface area (Å²) < 4.78 is 10.7.